The average molecular weight is 550 g/mol. The number of hydrogen-bond acceptors (Lipinski definition) is 15. The number of hydrogen-bond donors (Lipinski definition) is 11. The van der Waals surface area contributed by atoms with Gasteiger partial charge in [-0.05, 0) is 19.3 Å². The predicted molar refractivity (Wildman–Crippen MR) is 121 cm³/mol. The summed E-state index contributed by atoms with van der Waals surface area (Å²) >= 11 is 0. The quantitative estimate of drug-likeness (QED) is 0.137. The molecule has 18 heteroatoms. The van der Waals surface area contributed by atoms with Crippen molar-refractivity contribution in [3.63, 3.8) is 0 Å². The number of aliphatic hydroxyl groups excluding tert-OH is 4. The van der Waals surface area contributed by atoms with E-state index < -0.39 is 90.4 Å². The van der Waals surface area contributed by atoms with Crippen molar-refractivity contribution in [2.75, 3.05) is 13.2 Å². The molecule has 0 unspecified atom stereocenters. The van der Waals surface area contributed by atoms with Crippen LogP contribution in [0.15, 0.2) is 0 Å². The van der Waals surface area contributed by atoms with Gasteiger partial charge in [-0.25, -0.2) is 0 Å². The summed E-state index contributed by atoms with van der Waals surface area (Å²) in [7, 11) is -4.67. The number of ether oxygens (including phenoxy) is 4. The van der Waals surface area contributed by atoms with Gasteiger partial charge in [-0.2, -0.15) is 8.42 Å². The summed E-state index contributed by atoms with van der Waals surface area (Å²) in [5.41, 5.74) is 30.0. The summed E-state index contributed by atoms with van der Waals surface area (Å²) in [6.45, 7) is -0.214. The zero-order valence-corrected chi connectivity index (χ0v) is 20.3. The summed E-state index contributed by atoms with van der Waals surface area (Å²) < 4.78 is 54.5. The van der Waals surface area contributed by atoms with Crippen LogP contribution in [0.3, 0.4) is 0 Å². The zero-order chi connectivity index (χ0) is 27.4. The van der Waals surface area contributed by atoms with Gasteiger partial charge < -0.3 is 68.0 Å². The van der Waals surface area contributed by atoms with Gasteiger partial charge in [0.05, 0.1) is 24.8 Å². The van der Waals surface area contributed by atoms with E-state index in [1.54, 1.807) is 0 Å². The molecule has 3 rings (SSSR count). The molecule has 1 saturated carbocycles. The lowest BCUT2D eigenvalue weighted by atomic mass is 9.84. The summed E-state index contributed by atoms with van der Waals surface area (Å²) in [6, 6.07) is -2.85. The molecule has 2 saturated heterocycles. The molecular weight excluding hydrogens is 510 g/mol. The first-order valence-electron chi connectivity index (χ1n) is 11.4. The van der Waals surface area contributed by atoms with Crippen molar-refractivity contribution in [2.24, 2.45) is 28.7 Å². The lowest BCUT2D eigenvalue weighted by Gasteiger charge is -2.47. The van der Waals surface area contributed by atoms with Crippen LogP contribution in [-0.2, 0) is 29.3 Å². The van der Waals surface area contributed by atoms with E-state index in [-0.39, 0.29) is 12.5 Å². The highest BCUT2D eigenvalue weighted by Gasteiger charge is 2.49. The normalized spacial score (nSPS) is 46.0. The fourth-order valence-corrected chi connectivity index (χ4v) is 4.36. The van der Waals surface area contributed by atoms with Crippen LogP contribution in [-0.4, -0.2) is 131 Å². The highest BCUT2D eigenvalue weighted by molar-refractivity contribution is 7.79. The first-order chi connectivity index (χ1) is 16.7. The predicted octanol–water partition coefficient (Wildman–Crippen LogP) is -5.92. The molecule has 2 aliphatic heterocycles. The molecule has 13 atom stereocenters. The second-order valence-corrected chi connectivity index (χ2v) is 9.99. The molecule has 16 N–H and O–H groups in total. The molecule has 1 aliphatic carbocycles. The SMILES string of the molecule is NC[C@@H]1CC[C@@H](N)[C@@H](O[C@H]2[C@H](O)[C@@H](O[C@H]3O[C@H](CO)[C@@H](O)[C@H](N)[C@H]3O)[C@H](N)C[C@@H]2N)O1.O=S(=O)(O)O. The van der Waals surface area contributed by atoms with E-state index in [0.717, 1.165) is 0 Å². The molecule has 36 heavy (non-hydrogen) atoms. The Balaban J connectivity index is 0.000000830. The van der Waals surface area contributed by atoms with Gasteiger partial charge in [0.2, 0.25) is 0 Å². The highest BCUT2D eigenvalue weighted by Crippen LogP contribution is 2.30. The third-order valence-corrected chi connectivity index (χ3v) is 6.34. The van der Waals surface area contributed by atoms with E-state index >= 15 is 0 Å². The van der Waals surface area contributed by atoms with Crippen LogP contribution >= 0.6 is 0 Å². The van der Waals surface area contributed by atoms with Crippen molar-refractivity contribution in [2.45, 2.75) is 98.7 Å². The van der Waals surface area contributed by atoms with E-state index in [1.807, 2.05) is 0 Å². The molecule has 17 nitrogen and oxygen atoms in total. The molecule has 0 aromatic carbocycles. The Kier molecular flexibility index (Phi) is 11.8. The second-order valence-electron chi connectivity index (χ2n) is 9.09. The van der Waals surface area contributed by atoms with E-state index in [4.69, 9.17) is 65.1 Å². The Hall–Kier alpha value is -0.650. The van der Waals surface area contributed by atoms with E-state index in [1.165, 1.54) is 0 Å². The molecule has 3 aliphatic rings. The van der Waals surface area contributed by atoms with Crippen LogP contribution in [0, 0.1) is 0 Å². The topological polar surface area (TPSA) is 323 Å². The molecule has 214 valence electrons. The Bertz CT molecular complexity index is 774. The molecule has 0 bridgehead atoms. The van der Waals surface area contributed by atoms with Gasteiger partial charge in [0, 0.05) is 18.6 Å². The number of rotatable bonds is 6. The highest BCUT2D eigenvalue weighted by atomic mass is 32.3. The third kappa shape index (κ3) is 8.43. The van der Waals surface area contributed by atoms with Gasteiger partial charge in [0.25, 0.3) is 0 Å². The van der Waals surface area contributed by atoms with E-state index in [2.05, 4.69) is 0 Å². The third-order valence-electron chi connectivity index (χ3n) is 6.34. The minimum atomic E-state index is -4.67. The Labute approximate surface area is 208 Å². The van der Waals surface area contributed by atoms with Crippen molar-refractivity contribution in [3.8, 4) is 0 Å². The Morgan fingerprint density at radius 1 is 0.806 bits per heavy atom. The van der Waals surface area contributed by atoms with Crippen molar-refractivity contribution >= 4 is 10.4 Å². The Morgan fingerprint density at radius 3 is 1.83 bits per heavy atom. The maximum atomic E-state index is 11.0. The van der Waals surface area contributed by atoms with Crippen LogP contribution in [0.25, 0.3) is 0 Å². The molecule has 3 fully saturated rings. The molecule has 0 aromatic heterocycles. The minimum Gasteiger partial charge on any atom is -0.394 e. The smallest absolute Gasteiger partial charge is 0.394 e. The number of aliphatic hydroxyl groups is 4. The number of nitrogens with two attached hydrogens (primary N) is 5. The van der Waals surface area contributed by atoms with Gasteiger partial charge in [0.15, 0.2) is 12.6 Å². The zero-order valence-electron chi connectivity index (χ0n) is 19.5. The van der Waals surface area contributed by atoms with Crippen molar-refractivity contribution in [1.29, 1.82) is 0 Å². The van der Waals surface area contributed by atoms with Crippen molar-refractivity contribution in [3.05, 3.63) is 0 Å². The molecular formula is C18H39N5O12S. The largest absolute Gasteiger partial charge is 0.394 e. The Morgan fingerprint density at radius 2 is 1.33 bits per heavy atom. The van der Waals surface area contributed by atoms with Gasteiger partial charge in [0.1, 0.15) is 36.6 Å². The van der Waals surface area contributed by atoms with E-state index in [0.29, 0.717) is 19.4 Å². The molecule has 0 spiro atoms. The first kappa shape index (κ1) is 31.6. The summed E-state index contributed by atoms with van der Waals surface area (Å²) in [4.78, 5) is 0. The summed E-state index contributed by atoms with van der Waals surface area (Å²) in [5.74, 6) is 0. The van der Waals surface area contributed by atoms with Crippen molar-refractivity contribution < 1.29 is 56.9 Å². The molecule has 0 radical (unpaired) electrons. The van der Waals surface area contributed by atoms with Crippen LogP contribution in [0.4, 0.5) is 0 Å². The maximum absolute atomic E-state index is 11.0. The molecule has 0 amide bonds. The second kappa shape index (κ2) is 13.4. The monoisotopic (exact) mass is 549 g/mol. The molecule has 0 aromatic rings. The molecule has 2 heterocycles. The maximum Gasteiger partial charge on any atom is 0.394 e. The van der Waals surface area contributed by atoms with Crippen LogP contribution in [0.2, 0.25) is 0 Å². The average Bonchev–Trinajstić information content (AvgIpc) is 2.79. The summed E-state index contributed by atoms with van der Waals surface area (Å²) in [5, 5.41) is 40.7. The van der Waals surface area contributed by atoms with Gasteiger partial charge >= 0.3 is 10.4 Å². The fourth-order valence-electron chi connectivity index (χ4n) is 4.36. The minimum absolute atomic E-state index is 0.204. The van der Waals surface area contributed by atoms with E-state index in [9.17, 15) is 20.4 Å². The van der Waals surface area contributed by atoms with Gasteiger partial charge in [-0.1, -0.05) is 0 Å². The van der Waals surface area contributed by atoms with Crippen LogP contribution < -0.4 is 28.7 Å². The van der Waals surface area contributed by atoms with Crippen LogP contribution in [0.1, 0.15) is 19.3 Å². The summed E-state index contributed by atoms with van der Waals surface area (Å²) in [6.07, 6.45) is -7.72. The van der Waals surface area contributed by atoms with Crippen molar-refractivity contribution in [1.82, 2.24) is 0 Å². The lowest BCUT2D eigenvalue weighted by Crippen LogP contribution is -2.68. The fraction of sp³-hybridized carbons (Fsp3) is 1.00. The van der Waals surface area contributed by atoms with Gasteiger partial charge in [-0.3, -0.25) is 9.11 Å². The standard InChI is InChI=1S/C18H37N5O8.H2O4S/c19-4-6-1-2-7(20)17(28-6)30-15-8(21)3-9(22)16(14(15)27)31-18-13(26)11(23)12(25)10(5-24)29-18;1-5(2,3)4/h6-18,24-27H,1-5,19-23H2;(H2,1,2,3,4)/t6-,7+,8-,9+,10+,11-,12+,13+,14-,15+,16-,17+,18+;/m0./s1. The lowest BCUT2D eigenvalue weighted by molar-refractivity contribution is -0.313. The van der Waals surface area contributed by atoms with Crippen LogP contribution in [0.5, 0.6) is 0 Å². The van der Waals surface area contributed by atoms with Gasteiger partial charge in [-0.15, -0.1) is 0 Å². The first-order valence-corrected chi connectivity index (χ1v) is 12.8.